The van der Waals surface area contributed by atoms with Crippen LogP contribution in [-0.4, -0.2) is 29.7 Å². The molecule has 0 atom stereocenters. The molecule has 7 nitrogen and oxygen atoms in total. The standard InChI is InChI=1S/C11H11ClN6O/c1-2-3-18-5-7(4-15-18)19-10-8-9(14-6-13-8)16-11(12)17-10/h4-6H,2-3H2,1H3,(H,13,14,16,17). The maximum Gasteiger partial charge on any atom is 0.250 e. The van der Waals surface area contributed by atoms with Gasteiger partial charge in [0.2, 0.25) is 11.2 Å². The van der Waals surface area contributed by atoms with Gasteiger partial charge in [0.1, 0.15) is 5.52 Å². The topological polar surface area (TPSA) is 81.5 Å². The average molecular weight is 279 g/mol. The lowest BCUT2D eigenvalue weighted by atomic mass is 10.5. The molecule has 19 heavy (non-hydrogen) atoms. The van der Waals surface area contributed by atoms with Gasteiger partial charge in [-0.1, -0.05) is 6.92 Å². The van der Waals surface area contributed by atoms with E-state index in [-0.39, 0.29) is 5.28 Å². The maximum absolute atomic E-state index is 5.82. The molecule has 0 saturated carbocycles. The van der Waals surface area contributed by atoms with Crippen molar-refractivity contribution in [2.45, 2.75) is 19.9 Å². The van der Waals surface area contributed by atoms with Gasteiger partial charge in [0.15, 0.2) is 11.4 Å². The number of hydrogen-bond donors (Lipinski definition) is 1. The second-order valence-electron chi connectivity index (χ2n) is 3.94. The van der Waals surface area contributed by atoms with Crippen LogP contribution in [0.2, 0.25) is 5.28 Å². The van der Waals surface area contributed by atoms with Gasteiger partial charge in [-0.25, -0.2) is 4.98 Å². The summed E-state index contributed by atoms with van der Waals surface area (Å²) in [6, 6.07) is 0. The van der Waals surface area contributed by atoms with Gasteiger partial charge in [0.25, 0.3) is 0 Å². The van der Waals surface area contributed by atoms with Crippen molar-refractivity contribution in [1.29, 1.82) is 0 Å². The summed E-state index contributed by atoms with van der Waals surface area (Å²) in [6.07, 6.45) is 5.96. The van der Waals surface area contributed by atoms with Crippen LogP contribution >= 0.6 is 11.6 Å². The van der Waals surface area contributed by atoms with E-state index < -0.39 is 0 Å². The first-order valence-corrected chi connectivity index (χ1v) is 6.21. The van der Waals surface area contributed by atoms with Crippen molar-refractivity contribution >= 4 is 22.8 Å². The SMILES string of the molecule is CCCn1cc(Oc2nc(Cl)nc3nc[nH]c23)cn1. The van der Waals surface area contributed by atoms with Gasteiger partial charge in [-0.3, -0.25) is 4.68 Å². The lowest BCUT2D eigenvalue weighted by Crippen LogP contribution is -1.95. The third-order valence-corrected chi connectivity index (χ3v) is 2.67. The Morgan fingerprint density at radius 1 is 1.42 bits per heavy atom. The second kappa shape index (κ2) is 4.85. The van der Waals surface area contributed by atoms with E-state index in [0.717, 1.165) is 13.0 Å². The summed E-state index contributed by atoms with van der Waals surface area (Å²) in [5.41, 5.74) is 1.07. The van der Waals surface area contributed by atoms with Crippen molar-refractivity contribution in [1.82, 2.24) is 29.7 Å². The summed E-state index contributed by atoms with van der Waals surface area (Å²) in [7, 11) is 0. The molecule has 3 heterocycles. The zero-order valence-corrected chi connectivity index (χ0v) is 10.9. The Morgan fingerprint density at radius 2 is 2.32 bits per heavy atom. The van der Waals surface area contributed by atoms with E-state index in [1.807, 2.05) is 10.9 Å². The number of fused-ring (bicyclic) bond motifs is 1. The third kappa shape index (κ3) is 2.37. The van der Waals surface area contributed by atoms with Crippen LogP contribution < -0.4 is 4.74 Å². The van der Waals surface area contributed by atoms with E-state index in [4.69, 9.17) is 16.3 Å². The first-order chi connectivity index (χ1) is 9.26. The van der Waals surface area contributed by atoms with E-state index in [1.165, 1.54) is 6.33 Å². The number of aryl methyl sites for hydroxylation is 1. The molecule has 0 bridgehead atoms. The van der Waals surface area contributed by atoms with Gasteiger partial charge in [-0.2, -0.15) is 15.1 Å². The van der Waals surface area contributed by atoms with Gasteiger partial charge >= 0.3 is 0 Å². The van der Waals surface area contributed by atoms with Crippen molar-refractivity contribution in [3.8, 4) is 11.6 Å². The van der Waals surface area contributed by atoms with Crippen molar-refractivity contribution in [3.05, 3.63) is 24.0 Å². The molecule has 0 aliphatic heterocycles. The van der Waals surface area contributed by atoms with Crippen LogP contribution in [0.3, 0.4) is 0 Å². The fraction of sp³-hybridized carbons (Fsp3) is 0.273. The van der Waals surface area contributed by atoms with Crippen LogP contribution in [0.4, 0.5) is 0 Å². The number of halogens is 1. The Bertz CT molecular complexity index is 706. The summed E-state index contributed by atoms with van der Waals surface area (Å²) in [4.78, 5) is 15.0. The van der Waals surface area contributed by atoms with E-state index in [9.17, 15) is 0 Å². The summed E-state index contributed by atoms with van der Waals surface area (Å²) in [5.74, 6) is 0.933. The highest BCUT2D eigenvalue weighted by molar-refractivity contribution is 6.28. The molecule has 0 aliphatic rings. The van der Waals surface area contributed by atoms with Gasteiger partial charge in [-0.05, 0) is 18.0 Å². The monoisotopic (exact) mass is 278 g/mol. The number of H-pyrrole nitrogens is 1. The highest BCUT2D eigenvalue weighted by atomic mass is 35.5. The number of rotatable bonds is 4. The summed E-state index contributed by atoms with van der Waals surface area (Å²) >= 11 is 5.82. The Labute approximate surface area is 113 Å². The van der Waals surface area contributed by atoms with Crippen LogP contribution in [0.15, 0.2) is 18.7 Å². The van der Waals surface area contributed by atoms with E-state index in [1.54, 1.807) is 6.20 Å². The molecular weight excluding hydrogens is 268 g/mol. The molecule has 0 aliphatic carbocycles. The highest BCUT2D eigenvalue weighted by Crippen LogP contribution is 2.26. The molecule has 0 unspecified atom stereocenters. The minimum absolute atomic E-state index is 0.0931. The van der Waals surface area contributed by atoms with Gasteiger partial charge in [0.05, 0.1) is 18.7 Å². The smallest absolute Gasteiger partial charge is 0.250 e. The molecule has 3 aromatic rings. The van der Waals surface area contributed by atoms with E-state index in [2.05, 4.69) is 32.0 Å². The molecule has 1 N–H and O–H groups in total. The molecule has 0 spiro atoms. The van der Waals surface area contributed by atoms with Gasteiger partial charge in [-0.15, -0.1) is 0 Å². The Balaban J connectivity index is 1.93. The quantitative estimate of drug-likeness (QED) is 0.741. The van der Waals surface area contributed by atoms with Gasteiger partial charge < -0.3 is 9.72 Å². The average Bonchev–Trinajstić information content (AvgIpc) is 2.98. The fourth-order valence-electron chi connectivity index (χ4n) is 1.72. The van der Waals surface area contributed by atoms with Crippen molar-refractivity contribution in [2.75, 3.05) is 0 Å². The molecule has 0 fully saturated rings. The Kier molecular flexibility index (Phi) is 3.04. The number of ether oxygens (including phenoxy) is 1. The van der Waals surface area contributed by atoms with Crippen LogP contribution in [0, 0.1) is 0 Å². The normalized spacial score (nSPS) is 11.1. The minimum Gasteiger partial charge on any atom is -0.434 e. The minimum atomic E-state index is 0.0931. The molecule has 0 aromatic carbocycles. The number of aromatic nitrogens is 6. The van der Waals surface area contributed by atoms with Crippen molar-refractivity contribution in [2.24, 2.45) is 0 Å². The number of hydrogen-bond acceptors (Lipinski definition) is 5. The Morgan fingerprint density at radius 3 is 3.16 bits per heavy atom. The number of nitrogens with zero attached hydrogens (tertiary/aromatic N) is 5. The molecule has 3 rings (SSSR count). The zero-order chi connectivity index (χ0) is 13.2. The first kappa shape index (κ1) is 11.9. The second-order valence-corrected chi connectivity index (χ2v) is 4.28. The first-order valence-electron chi connectivity index (χ1n) is 5.83. The molecule has 0 saturated heterocycles. The Hall–Kier alpha value is -2.15. The molecule has 0 amide bonds. The summed E-state index contributed by atoms with van der Waals surface area (Å²) < 4.78 is 7.48. The maximum atomic E-state index is 5.82. The van der Waals surface area contributed by atoms with Crippen molar-refractivity contribution in [3.63, 3.8) is 0 Å². The lowest BCUT2D eigenvalue weighted by molar-refractivity contribution is 0.465. The van der Waals surface area contributed by atoms with Crippen molar-refractivity contribution < 1.29 is 4.74 Å². The molecule has 98 valence electrons. The van der Waals surface area contributed by atoms with Crippen LogP contribution in [0.1, 0.15) is 13.3 Å². The van der Waals surface area contributed by atoms with Gasteiger partial charge in [0, 0.05) is 6.54 Å². The largest absolute Gasteiger partial charge is 0.434 e. The predicted molar refractivity (Wildman–Crippen MR) is 69.3 cm³/mol. The van der Waals surface area contributed by atoms with Crippen LogP contribution in [-0.2, 0) is 6.54 Å². The fourth-order valence-corrected chi connectivity index (χ4v) is 1.87. The van der Waals surface area contributed by atoms with E-state index >= 15 is 0 Å². The summed E-state index contributed by atoms with van der Waals surface area (Å²) in [6.45, 7) is 2.92. The predicted octanol–water partition coefficient (Wildman–Crippen LogP) is 2.41. The number of aromatic amines is 1. The highest BCUT2D eigenvalue weighted by Gasteiger charge is 2.11. The third-order valence-electron chi connectivity index (χ3n) is 2.50. The number of imidazole rings is 1. The van der Waals surface area contributed by atoms with Crippen LogP contribution in [0.5, 0.6) is 11.6 Å². The zero-order valence-electron chi connectivity index (χ0n) is 10.2. The van der Waals surface area contributed by atoms with Crippen LogP contribution in [0.25, 0.3) is 11.2 Å². The molecule has 8 heteroatoms. The lowest BCUT2D eigenvalue weighted by Gasteiger charge is -2.02. The molecule has 3 aromatic heterocycles. The molecule has 0 radical (unpaired) electrons. The van der Waals surface area contributed by atoms with E-state index in [0.29, 0.717) is 22.8 Å². The number of nitrogens with one attached hydrogen (secondary N) is 1. The molecular formula is C11H11ClN6O. The summed E-state index contributed by atoms with van der Waals surface area (Å²) in [5, 5.41) is 4.27.